The number of ketones is 1. The maximum atomic E-state index is 12.7. The second-order valence-corrected chi connectivity index (χ2v) is 8.11. The number of hydrogen-bond donors (Lipinski definition) is 0. The number of aromatic nitrogens is 1. The van der Waals surface area contributed by atoms with E-state index in [-0.39, 0.29) is 22.2 Å². The van der Waals surface area contributed by atoms with Gasteiger partial charge in [-0.3, -0.25) is 14.0 Å². The van der Waals surface area contributed by atoms with Gasteiger partial charge < -0.3 is 0 Å². The quantitative estimate of drug-likeness (QED) is 0.787. The number of hydrogen-bond acceptors (Lipinski definition) is 3. The van der Waals surface area contributed by atoms with Gasteiger partial charge in [-0.05, 0) is 51.7 Å². The van der Waals surface area contributed by atoms with Gasteiger partial charge in [0.25, 0.3) is 0 Å². The van der Waals surface area contributed by atoms with Crippen LogP contribution < -0.4 is 0 Å². The third-order valence-electron chi connectivity index (χ3n) is 4.67. The van der Waals surface area contributed by atoms with Crippen molar-refractivity contribution in [3.05, 3.63) is 29.1 Å². The highest BCUT2D eigenvalue weighted by Crippen LogP contribution is 2.38. The fraction of sp³-hybridized carbons (Fsp3) is 0.625. The molecular formula is C16H21NO2S. The van der Waals surface area contributed by atoms with E-state index in [4.69, 9.17) is 0 Å². The molecule has 1 aromatic heterocycles. The third-order valence-corrected chi connectivity index (χ3v) is 6.84. The van der Waals surface area contributed by atoms with E-state index in [9.17, 15) is 9.00 Å². The Morgan fingerprint density at radius 1 is 1.20 bits per heavy atom. The van der Waals surface area contributed by atoms with E-state index in [0.717, 1.165) is 42.6 Å². The van der Waals surface area contributed by atoms with E-state index in [2.05, 4.69) is 4.98 Å². The van der Waals surface area contributed by atoms with Crippen LogP contribution in [0.3, 0.4) is 0 Å². The zero-order valence-corrected chi connectivity index (χ0v) is 12.9. The van der Waals surface area contributed by atoms with Crippen LogP contribution in [0.25, 0.3) is 0 Å². The van der Waals surface area contributed by atoms with E-state index in [1.165, 1.54) is 6.42 Å². The highest BCUT2D eigenvalue weighted by Gasteiger charge is 2.40. The molecule has 0 radical (unpaired) electrons. The molecule has 2 unspecified atom stereocenters. The van der Waals surface area contributed by atoms with Crippen molar-refractivity contribution in [2.24, 2.45) is 5.92 Å². The molecule has 1 aromatic rings. The minimum atomic E-state index is -0.706. The van der Waals surface area contributed by atoms with Gasteiger partial charge >= 0.3 is 0 Å². The lowest BCUT2D eigenvalue weighted by molar-refractivity contribution is 0.0894. The molecule has 108 valence electrons. The molecule has 2 saturated heterocycles. The average Bonchev–Trinajstić information content (AvgIpc) is 2.37. The van der Waals surface area contributed by atoms with Gasteiger partial charge in [0.2, 0.25) is 0 Å². The molecule has 0 N–H and O–H groups in total. The van der Waals surface area contributed by atoms with Crippen molar-refractivity contribution >= 4 is 16.6 Å². The summed E-state index contributed by atoms with van der Waals surface area (Å²) in [6.07, 6.45) is 4.83. The first-order chi connectivity index (χ1) is 9.56. The maximum Gasteiger partial charge on any atom is 0.167 e. The van der Waals surface area contributed by atoms with Crippen LogP contribution in [0, 0.1) is 19.8 Å². The molecule has 4 heteroatoms. The van der Waals surface area contributed by atoms with Crippen LogP contribution in [0.5, 0.6) is 0 Å². The van der Waals surface area contributed by atoms with Crippen LogP contribution in [0.2, 0.25) is 0 Å². The van der Waals surface area contributed by atoms with Gasteiger partial charge in [-0.1, -0.05) is 6.42 Å². The maximum absolute atomic E-state index is 12.7. The average molecular weight is 291 g/mol. The second-order valence-electron chi connectivity index (χ2n) is 6.12. The van der Waals surface area contributed by atoms with Crippen LogP contribution >= 0.6 is 0 Å². The lowest BCUT2D eigenvalue weighted by atomic mass is 9.84. The number of nitrogens with zero attached hydrogens (tertiary/aromatic N) is 1. The SMILES string of the molecule is Cc1ccc(C(=O)C2CC3CCCC(C2)S3=O)c(C)n1. The molecule has 2 aliphatic heterocycles. The normalized spacial score (nSPS) is 32.9. The lowest BCUT2D eigenvalue weighted by Gasteiger charge is -2.37. The Labute approximate surface area is 122 Å². The molecule has 0 spiro atoms. The van der Waals surface area contributed by atoms with E-state index >= 15 is 0 Å². The van der Waals surface area contributed by atoms with Crippen LogP contribution in [-0.2, 0) is 10.8 Å². The Morgan fingerprint density at radius 2 is 1.85 bits per heavy atom. The van der Waals surface area contributed by atoms with Gasteiger partial charge in [0.15, 0.2) is 5.78 Å². The molecule has 3 rings (SSSR count). The zero-order valence-electron chi connectivity index (χ0n) is 12.1. The molecule has 20 heavy (non-hydrogen) atoms. The lowest BCUT2D eigenvalue weighted by Crippen LogP contribution is -2.41. The molecule has 0 saturated carbocycles. The van der Waals surface area contributed by atoms with Crippen LogP contribution in [0.15, 0.2) is 12.1 Å². The standard InChI is InChI=1S/C16H21NO2S/c1-10-6-7-15(11(2)17-10)16(18)12-8-13-4-3-5-14(9-12)20(13)19/h6-7,12-14H,3-5,8-9H2,1-2H3. The Bertz CT molecular complexity index is 554. The van der Waals surface area contributed by atoms with Crippen LogP contribution in [-0.4, -0.2) is 25.5 Å². The predicted molar refractivity (Wildman–Crippen MR) is 80.3 cm³/mol. The van der Waals surface area contributed by atoms with Gasteiger partial charge in [-0.15, -0.1) is 0 Å². The summed E-state index contributed by atoms with van der Waals surface area (Å²) < 4.78 is 12.2. The van der Waals surface area contributed by atoms with Gasteiger partial charge in [0.05, 0.1) is 0 Å². The topological polar surface area (TPSA) is 47.0 Å². The number of aryl methyl sites for hydroxylation is 2. The molecule has 2 aliphatic rings. The van der Waals surface area contributed by atoms with Crippen molar-refractivity contribution in [3.8, 4) is 0 Å². The highest BCUT2D eigenvalue weighted by atomic mass is 32.2. The summed E-state index contributed by atoms with van der Waals surface area (Å²) in [5.41, 5.74) is 2.53. The molecule has 0 aromatic carbocycles. The molecular weight excluding hydrogens is 270 g/mol. The van der Waals surface area contributed by atoms with E-state index in [1.807, 2.05) is 26.0 Å². The fourth-order valence-electron chi connectivity index (χ4n) is 3.61. The first-order valence-electron chi connectivity index (χ1n) is 7.44. The molecule has 2 fully saturated rings. The van der Waals surface area contributed by atoms with Gasteiger partial charge in [0.1, 0.15) is 0 Å². The molecule has 2 bridgehead atoms. The summed E-state index contributed by atoms with van der Waals surface area (Å²) in [6, 6.07) is 3.81. The number of carbonyl (C=O) groups is 1. The number of Topliss-reactive ketones (excluding diaryl/α,β-unsaturated/α-hetero) is 1. The number of carbonyl (C=O) groups excluding carboxylic acids is 1. The Kier molecular flexibility index (Phi) is 3.76. The smallest absolute Gasteiger partial charge is 0.167 e. The summed E-state index contributed by atoms with van der Waals surface area (Å²) in [5.74, 6) is 0.259. The van der Waals surface area contributed by atoms with Crippen molar-refractivity contribution in [3.63, 3.8) is 0 Å². The fourth-order valence-corrected chi connectivity index (χ4v) is 5.80. The Balaban J connectivity index is 1.83. The predicted octanol–water partition coefficient (Wildman–Crippen LogP) is 2.96. The highest BCUT2D eigenvalue weighted by molar-refractivity contribution is 7.86. The zero-order chi connectivity index (χ0) is 14.3. The molecule has 0 amide bonds. The van der Waals surface area contributed by atoms with Crippen LogP contribution in [0.4, 0.5) is 0 Å². The van der Waals surface area contributed by atoms with Gasteiger partial charge in [0, 0.05) is 44.2 Å². The first kappa shape index (κ1) is 13.9. The molecule has 3 nitrogen and oxygen atoms in total. The minimum Gasteiger partial charge on any atom is -0.294 e. The Morgan fingerprint density at radius 3 is 2.45 bits per heavy atom. The van der Waals surface area contributed by atoms with E-state index in [0.29, 0.717) is 0 Å². The van der Waals surface area contributed by atoms with Crippen molar-refractivity contribution in [1.29, 1.82) is 0 Å². The summed E-state index contributed by atoms with van der Waals surface area (Å²) in [4.78, 5) is 17.1. The molecule has 3 heterocycles. The van der Waals surface area contributed by atoms with Crippen molar-refractivity contribution in [1.82, 2.24) is 4.98 Å². The number of rotatable bonds is 2. The van der Waals surface area contributed by atoms with Crippen LogP contribution in [0.1, 0.15) is 53.8 Å². The Hall–Kier alpha value is -1.03. The van der Waals surface area contributed by atoms with Crippen molar-refractivity contribution < 1.29 is 9.00 Å². The summed E-state index contributed by atoms with van der Waals surface area (Å²) in [6.45, 7) is 3.84. The second kappa shape index (κ2) is 5.40. The third kappa shape index (κ3) is 2.46. The summed E-state index contributed by atoms with van der Waals surface area (Å²) in [7, 11) is -0.706. The summed E-state index contributed by atoms with van der Waals surface area (Å²) in [5, 5.41) is 0.491. The first-order valence-corrected chi connectivity index (χ1v) is 8.71. The minimum absolute atomic E-state index is 0.0474. The molecule has 0 aliphatic carbocycles. The van der Waals surface area contributed by atoms with E-state index < -0.39 is 10.8 Å². The van der Waals surface area contributed by atoms with Gasteiger partial charge in [-0.25, -0.2) is 0 Å². The largest absolute Gasteiger partial charge is 0.294 e. The molecule has 2 atom stereocenters. The number of fused-ring (bicyclic) bond motifs is 2. The van der Waals surface area contributed by atoms with E-state index in [1.54, 1.807) is 0 Å². The number of pyridine rings is 1. The monoisotopic (exact) mass is 291 g/mol. The van der Waals surface area contributed by atoms with Crippen molar-refractivity contribution in [2.75, 3.05) is 0 Å². The van der Waals surface area contributed by atoms with Gasteiger partial charge in [-0.2, -0.15) is 0 Å². The summed E-state index contributed by atoms with van der Waals surface area (Å²) >= 11 is 0. The van der Waals surface area contributed by atoms with Crippen molar-refractivity contribution in [2.45, 2.75) is 56.5 Å².